The zero-order valence-corrected chi connectivity index (χ0v) is 10.9. The lowest BCUT2D eigenvalue weighted by Gasteiger charge is -2.29. The molecule has 2 N–H and O–H groups in total. The molecule has 0 bridgehead atoms. The standard InChI is InChI=1S/C13H24N2O2/c1-3-13(6-7-14-9-13)12(16)15-10(2)11-5-4-8-17-11/h10-11,14H,3-9H2,1-2H3,(H,15,16). The van der Waals surface area contributed by atoms with Crippen LogP contribution in [0, 0.1) is 5.41 Å². The minimum absolute atomic E-state index is 0.133. The normalized spacial score (nSPS) is 34.8. The molecule has 2 fully saturated rings. The molecule has 0 spiro atoms. The first-order valence-corrected chi connectivity index (χ1v) is 6.81. The third kappa shape index (κ3) is 2.63. The molecule has 4 heteroatoms. The molecule has 2 aliphatic rings. The maximum atomic E-state index is 12.4. The SMILES string of the molecule is CCC1(C(=O)NC(C)C2CCCO2)CCNC1. The molecule has 2 aliphatic heterocycles. The van der Waals surface area contributed by atoms with Gasteiger partial charge in [-0.15, -0.1) is 0 Å². The molecule has 0 aromatic rings. The molecular weight excluding hydrogens is 216 g/mol. The highest BCUT2D eigenvalue weighted by molar-refractivity contribution is 5.83. The molecule has 2 heterocycles. The van der Waals surface area contributed by atoms with Gasteiger partial charge in [-0.1, -0.05) is 6.92 Å². The number of ether oxygens (including phenoxy) is 1. The fraction of sp³-hybridized carbons (Fsp3) is 0.923. The van der Waals surface area contributed by atoms with Gasteiger partial charge in [-0.2, -0.15) is 0 Å². The lowest BCUT2D eigenvalue weighted by molar-refractivity contribution is -0.131. The van der Waals surface area contributed by atoms with E-state index in [4.69, 9.17) is 4.74 Å². The van der Waals surface area contributed by atoms with E-state index in [1.807, 2.05) is 0 Å². The summed E-state index contributed by atoms with van der Waals surface area (Å²) in [6.07, 6.45) is 4.25. The van der Waals surface area contributed by atoms with Crippen molar-refractivity contribution in [3.8, 4) is 0 Å². The van der Waals surface area contributed by atoms with Crippen molar-refractivity contribution in [3.63, 3.8) is 0 Å². The van der Waals surface area contributed by atoms with Crippen LogP contribution in [0.15, 0.2) is 0 Å². The van der Waals surface area contributed by atoms with Crippen LogP contribution in [0.3, 0.4) is 0 Å². The van der Waals surface area contributed by atoms with E-state index in [2.05, 4.69) is 24.5 Å². The summed E-state index contributed by atoms with van der Waals surface area (Å²) in [5.74, 6) is 0.202. The zero-order valence-electron chi connectivity index (χ0n) is 10.9. The first-order chi connectivity index (χ1) is 8.18. The number of carbonyl (C=O) groups is 1. The molecule has 2 rings (SSSR count). The van der Waals surface area contributed by atoms with Gasteiger partial charge < -0.3 is 15.4 Å². The molecule has 17 heavy (non-hydrogen) atoms. The minimum Gasteiger partial charge on any atom is -0.376 e. The second-order valence-corrected chi connectivity index (χ2v) is 5.37. The second-order valence-electron chi connectivity index (χ2n) is 5.37. The lowest BCUT2D eigenvalue weighted by atomic mass is 9.83. The van der Waals surface area contributed by atoms with E-state index >= 15 is 0 Å². The van der Waals surface area contributed by atoms with Crippen molar-refractivity contribution in [3.05, 3.63) is 0 Å². The van der Waals surface area contributed by atoms with Crippen molar-refractivity contribution in [2.75, 3.05) is 19.7 Å². The largest absolute Gasteiger partial charge is 0.376 e. The van der Waals surface area contributed by atoms with E-state index < -0.39 is 0 Å². The molecule has 2 saturated heterocycles. The maximum absolute atomic E-state index is 12.4. The highest BCUT2D eigenvalue weighted by Gasteiger charge is 2.40. The molecule has 3 unspecified atom stereocenters. The summed E-state index contributed by atoms with van der Waals surface area (Å²) in [5.41, 5.74) is -0.188. The number of amides is 1. The third-order valence-corrected chi connectivity index (χ3v) is 4.28. The molecule has 0 aromatic carbocycles. The Labute approximate surface area is 103 Å². The van der Waals surface area contributed by atoms with E-state index in [9.17, 15) is 4.79 Å². The molecule has 98 valence electrons. The zero-order chi connectivity index (χ0) is 12.3. The first kappa shape index (κ1) is 12.8. The summed E-state index contributed by atoms with van der Waals surface area (Å²) in [6.45, 7) is 6.76. The number of hydrogen-bond donors (Lipinski definition) is 2. The summed E-state index contributed by atoms with van der Waals surface area (Å²) in [4.78, 5) is 12.4. The van der Waals surface area contributed by atoms with Crippen LogP contribution >= 0.6 is 0 Å². The molecule has 3 atom stereocenters. The van der Waals surface area contributed by atoms with E-state index in [0.29, 0.717) is 0 Å². The number of hydrogen-bond acceptors (Lipinski definition) is 3. The van der Waals surface area contributed by atoms with Crippen LogP contribution in [0.4, 0.5) is 0 Å². The summed E-state index contributed by atoms with van der Waals surface area (Å²) >= 11 is 0. The quantitative estimate of drug-likeness (QED) is 0.772. The van der Waals surface area contributed by atoms with E-state index in [0.717, 1.165) is 45.4 Å². The summed E-state index contributed by atoms with van der Waals surface area (Å²) in [6, 6.07) is 0.133. The molecule has 0 radical (unpaired) electrons. The van der Waals surface area contributed by atoms with Crippen LogP contribution in [-0.2, 0) is 9.53 Å². The lowest BCUT2D eigenvalue weighted by Crippen LogP contribution is -2.49. The number of rotatable bonds is 4. The van der Waals surface area contributed by atoms with Gasteiger partial charge >= 0.3 is 0 Å². The molecule has 0 aliphatic carbocycles. The van der Waals surface area contributed by atoms with Crippen LogP contribution in [0.1, 0.15) is 39.5 Å². The van der Waals surface area contributed by atoms with Crippen molar-refractivity contribution < 1.29 is 9.53 Å². The maximum Gasteiger partial charge on any atom is 0.227 e. The molecule has 0 aromatic heterocycles. The van der Waals surface area contributed by atoms with Gasteiger partial charge in [-0.25, -0.2) is 0 Å². The number of nitrogens with one attached hydrogen (secondary N) is 2. The fourth-order valence-electron chi connectivity index (χ4n) is 2.85. The molecule has 1 amide bonds. The highest BCUT2D eigenvalue weighted by atomic mass is 16.5. The smallest absolute Gasteiger partial charge is 0.227 e. The van der Waals surface area contributed by atoms with Crippen molar-refractivity contribution in [2.24, 2.45) is 5.41 Å². The van der Waals surface area contributed by atoms with Gasteiger partial charge in [-0.05, 0) is 39.2 Å². The summed E-state index contributed by atoms with van der Waals surface area (Å²) in [7, 11) is 0. The van der Waals surface area contributed by atoms with Crippen LogP contribution < -0.4 is 10.6 Å². The predicted octanol–water partition coefficient (Wildman–Crippen LogP) is 1.06. The Balaban J connectivity index is 1.90. The Morgan fingerprint density at radius 3 is 3.00 bits per heavy atom. The van der Waals surface area contributed by atoms with Crippen molar-refractivity contribution >= 4 is 5.91 Å². The average molecular weight is 240 g/mol. The first-order valence-electron chi connectivity index (χ1n) is 6.81. The van der Waals surface area contributed by atoms with Gasteiger partial charge in [0.1, 0.15) is 0 Å². The van der Waals surface area contributed by atoms with E-state index in [1.54, 1.807) is 0 Å². The Morgan fingerprint density at radius 1 is 1.65 bits per heavy atom. The summed E-state index contributed by atoms with van der Waals surface area (Å²) in [5, 5.41) is 6.45. The van der Waals surface area contributed by atoms with Gasteiger partial charge in [0.15, 0.2) is 0 Å². The monoisotopic (exact) mass is 240 g/mol. The van der Waals surface area contributed by atoms with Gasteiger partial charge in [-0.3, -0.25) is 4.79 Å². The molecule has 4 nitrogen and oxygen atoms in total. The van der Waals surface area contributed by atoms with Crippen molar-refractivity contribution in [1.82, 2.24) is 10.6 Å². The van der Waals surface area contributed by atoms with Gasteiger partial charge in [0.2, 0.25) is 5.91 Å². The molecule has 0 saturated carbocycles. The van der Waals surface area contributed by atoms with E-state index in [-0.39, 0.29) is 23.5 Å². The van der Waals surface area contributed by atoms with Gasteiger partial charge in [0.25, 0.3) is 0 Å². The third-order valence-electron chi connectivity index (χ3n) is 4.28. The Bertz CT molecular complexity index is 269. The Hall–Kier alpha value is -0.610. The van der Waals surface area contributed by atoms with Gasteiger partial charge in [0, 0.05) is 13.2 Å². The second kappa shape index (κ2) is 5.36. The van der Waals surface area contributed by atoms with Crippen molar-refractivity contribution in [1.29, 1.82) is 0 Å². The van der Waals surface area contributed by atoms with Crippen molar-refractivity contribution in [2.45, 2.75) is 51.7 Å². The van der Waals surface area contributed by atoms with Crippen LogP contribution in [0.2, 0.25) is 0 Å². The van der Waals surface area contributed by atoms with Crippen LogP contribution in [0.5, 0.6) is 0 Å². The van der Waals surface area contributed by atoms with E-state index in [1.165, 1.54) is 0 Å². The molecular formula is C13H24N2O2. The van der Waals surface area contributed by atoms with Gasteiger partial charge in [0.05, 0.1) is 17.6 Å². The summed E-state index contributed by atoms with van der Waals surface area (Å²) < 4.78 is 5.61. The highest BCUT2D eigenvalue weighted by Crippen LogP contribution is 2.30. The average Bonchev–Trinajstić information content (AvgIpc) is 3.01. The van der Waals surface area contributed by atoms with Crippen LogP contribution in [0.25, 0.3) is 0 Å². The Morgan fingerprint density at radius 2 is 2.47 bits per heavy atom. The topological polar surface area (TPSA) is 50.4 Å². The van der Waals surface area contributed by atoms with Crippen LogP contribution in [-0.4, -0.2) is 37.7 Å². The number of carbonyl (C=O) groups excluding carboxylic acids is 1. The Kier molecular flexibility index (Phi) is 4.05. The predicted molar refractivity (Wildman–Crippen MR) is 66.8 cm³/mol. The minimum atomic E-state index is -0.188. The fourth-order valence-corrected chi connectivity index (χ4v) is 2.85.